The fourth-order valence-corrected chi connectivity index (χ4v) is 3.46. The smallest absolute Gasteiger partial charge is 0.227 e. The Morgan fingerprint density at radius 1 is 1.12 bits per heavy atom. The molecule has 1 aliphatic heterocycles. The number of hydrogen-bond acceptors (Lipinski definition) is 2. The Hall–Kier alpha value is -1.84. The van der Waals surface area contributed by atoms with E-state index in [0.29, 0.717) is 30.6 Å². The highest BCUT2D eigenvalue weighted by molar-refractivity contribution is 6.31. The molecule has 0 saturated carbocycles. The summed E-state index contributed by atoms with van der Waals surface area (Å²) in [5.74, 6) is 0.563. The van der Waals surface area contributed by atoms with Gasteiger partial charge >= 0.3 is 0 Å². The molecule has 1 aliphatic rings. The Bertz CT molecular complexity index is 689. The maximum absolute atomic E-state index is 12.6. The van der Waals surface area contributed by atoms with Crippen LogP contribution < -0.4 is 0 Å². The largest absolute Gasteiger partial charge is 0.376 e. The maximum Gasteiger partial charge on any atom is 0.227 e. The third-order valence-electron chi connectivity index (χ3n) is 4.64. The van der Waals surface area contributed by atoms with E-state index in [1.807, 2.05) is 47.4 Å². The molecular formula is C21H24ClNO2. The monoisotopic (exact) mass is 357 g/mol. The number of rotatable bonds is 6. The van der Waals surface area contributed by atoms with E-state index in [-0.39, 0.29) is 5.91 Å². The lowest BCUT2D eigenvalue weighted by molar-refractivity contribution is -0.132. The summed E-state index contributed by atoms with van der Waals surface area (Å²) >= 11 is 6.17. The number of benzene rings is 2. The number of likely N-dealkylation sites (tertiary alicyclic amines) is 1. The number of carbonyl (C=O) groups excluding carboxylic acids is 1. The van der Waals surface area contributed by atoms with Gasteiger partial charge in [-0.15, -0.1) is 0 Å². The molecule has 2 aromatic rings. The molecular weight excluding hydrogens is 334 g/mol. The molecule has 0 aliphatic carbocycles. The van der Waals surface area contributed by atoms with Crippen molar-refractivity contribution in [2.75, 3.05) is 19.7 Å². The summed E-state index contributed by atoms with van der Waals surface area (Å²) in [5, 5.41) is 0.663. The van der Waals surface area contributed by atoms with Crippen LogP contribution in [0, 0.1) is 5.92 Å². The van der Waals surface area contributed by atoms with Crippen molar-refractivity contribution in [2.24, 2.45) is 5.92 Å². The van der Waals surface area contributed by atoms with Gasteiger partial charge in [0.05, 0.1) is 19.6 Å². The Labute approximate surface area is 154 Å². The van der Waals surface area contributed by atoms with E-state index < -0.39 is 0 Å². The van der Waals surface area contributed by atoms with Crippen LogP contribution in [0.4, 0.5) is 0 Å². The lowest BCUT2D eigenvalue weighted by Crippen LogP contribution is -2.42. The van der Waals surface area contributed by atoms with Gasteiger partial charge in [0.1, 0.15) is 0 Å². The van der Waals surface area contributed by atoms with E-state index in [2.05, 4.69) is 12.1 Å². The second-order valence-corrected chi connectivity index (χ2v) is 7.02. The van der Waals surface area contributed by atoms with Crippen LogP contribution in [-0.4, -0.2) is 30.5 Å². The number of carbonyl (C=O) groups is 1. The zero-order chi connectivity index (χ0) is 17.5. The van der Waals surface area contributed by atoms with Crippen molar-refractivity contribution in [1.82, 2.24) is 4.90 Å². The van der Waals surface area contributed by atoms with Crippen molar-refractivity contribution in [1.29, 1.82) is 0 Å². The summed E-state index contributed by atoms with van der Waals surface area (Å²) in [6.45, 7) is 2.94. The molecule has 2 aromatic carbocycles. The zero-order valence-electron chi connectivity index (χ0n) is 14.4. The molecule has 4 heteroatoms. The molecule has 0 bridgehead atoms. The summed E-state index contributed by atoms with van der Waals surface area (Å²) in [4.78, 5) is 14.5. The number of hydrogen-bond donors (Lipinski definition) is 0. The fraction of sp³-hybridized carbons (Fsp3) is 0.381. The van der Waals surface area contributed by atoms with Crippen LogP contribution in [0.3, 0.4) is 0 Å². The Balaban J connectivity index is 1.47. The maximum atomic E-state index is 12.6. The standard InChI is InChI=1S/C21H24ClNO2/c22-20-11-5-4-10-19(20)13-21(24)23-12-6-9-18(14-23)16-25-15-17-7-2-1-3-8-17/h1-5,7-8,10-11,18H,6,9,12-16H2. The average Bonchev–Trinajstić information content (AvgIpc) is 2.65. The highest BCUT2D eigenvalue weighted by Crippen LogP contribution is 2.20. The second-order valence-electron chi connectivity index (χ2n) is 6.62. The van der Waals surface area contributed by atoms with E-state index in [1.165, 1.54) is 5.56 Å². The molecule has 0 aromatic heterocycles. The van der Waals surface area contributed by atoms with Crippen molar-refractivity contribution in [3.63, 3.8) is 0 Å². The quantitative estimate of drug-likeness (QED) is 0.769. The molecule has 0 N–H and O–H groups in total. The first-order chi connectivity index (χ1) is 12.2. The van der Waals surface area contributed by atoms with Gasteiger partial charge < -0.3 is 9.64 Å². The van der Waals surface area contributed by atoms with Crippen LogP contribution in [0.2, 0.25) is 5.02 Å². The van der Waals surface area contributed by atoms with Gasteiger partial charge in [-0.1, -0.05) is 60.1 Å². The van der Waals surface area contributed by atoms with Crippen LogP contribution in [-0.2, 0) is 22.6 Å². The minimum absolute atomic E-state index is 0.154. The lowest BCUT2D eigenvalue weighted by Gasteiger charge is -2.33. The number of halogens is 1. The van der Waals surface area contributed by atoms with Crippen molar-refractivity contribution in [2.45, 2.75) is 25.9 Å². The average molecular weight is 358 g/mol. The summed E-state index contributed by atoms with van der Waals surface area (Å²) in [6, 6.07) is 17.8. The number of amides is 1. The third-order valence-corrected chi connectivity index (χ3v) is 5.01. The molecule has 25 heavy (non-hydrogen) atoms. The summed E-state index contributed by atoms with van der Waals surface area (Å²) in [7, 11) is 0. The number of ether oxygens (including phenoxy) is 1. The molecule has 132 valence electrons. The Kier molecular flexibility index (Phi) is 6.48. The van der Waals surface area contributed by atoms with E-state index in [9.17, 15) is 4.79 Å². The highest BCUT2D eigenvalue weighted by atomic mass is 35.5. The van der Waals surface area contributed by atoms with Gasteiger partial charge in [-0.05, 0) is 36.0 Å². The lowest BCUT2D eigenvalue weighted by atomic mass is 9.98. The highest BCUT2D eigenvalue weighted by Gasteiger charge is 2.24. The molecule has 0 radical (unpaired) electrons. The minimum Gasteiger partial charge on any atom is -0.376 e. The Morgan fingerprint density at radius 2 is 1.88 bits per heavy atom. The first-order valence-corrected chi connectivity index (χ1v) is 9.23. The van der Waals surface area contributed by atoms with Crippen LogP contribution in [0.15, 0.2) is 54.6 Å². The van der Waals surface area contributed by atoms with Crippen molar-refractivity contribution in [3.05, 3.63) is 70.7 Å². The molecule has 1 fully saturated rings. The van der Waals surface area contributed by atoms with Gasteiger partial charge in [-0.2, -0.15) is 0 Å². The third kappa shape index (κ3) is 5.32. The van der Waals surface area contributed by atoms with E-state index >= 15 is 0 Å². The first kappa shape index (κ1) is 18.0. The molecule has 3 rings (SSSR count). The molecule has 3 nitrogen and oxygen atoms in total. The van der Waals surface area contributed by atoms with Crippen molar-refractivity contribution in [3.8, 4) is 0 Å². The SMILES string of the molecule is O=C(Cc1ccccc1Cl)N1CCCC(COCc2ccccc2)C1. The van der Waals surface area contributed by atoms with Crippen LogP contribution in [0.5, 0.6) is 0 Å². The van der Waals surface area contributed by atoms with Crippen LogP contribution in [0.1, 0.15) is 24.0 Å². The normalized spacial score (nSPS) is 17.5. The molecule has 1 amide bonds. The topological polar surface area (TPSA) is 29.5 Å². The fourth-order valence-electron chi connectivity index (χ4n) is 3.26. The van der Waals surface area contributed by atoms with E-state index in [1.54, 1.807) is 0 Å². The van der Waals surface area contributed by atoms with Gasteiger partial charge in [0.2, 0.25) is 5.91 Å². The van der Waals surface area contributed by atoms with Gasteiger partial charge in [0.15, 0.2) is 0 Å². The zero-order valence-corrected chi connectivity index (χ0v) is 15.1. The van der Waals surface area contributed by atoms with Crippen LogP contribution >= 0.6 is 11.6 Å². The molecule has 1 saturated heterocycles. The summed E-state index contributed by atoms with van der Waals surface area (Å²) in [5.41, 5.74) is 2.08. The predicted molar refractivity (Wildman–Crippen MR) is 101 cm³/mol. The van der Waals surface area contributed by atoms with E-state index in [0.717, 1.165) is 31.5 Å². The molecule has 1 unspecified atom stereocenters. The molecule has 0 spiro atoms. The Morgan fingerprint density at radius 3 is 2.68 bits per heavy atom. The minimum atomic E-state index is 0.154. The molecule has 1 atom stereocenters. The number of nitrogens with zero attached hydrogens (tertiary/aromatic N) is 1. The number of piperidine rings is 1. The van der Waals surface area contributed by atoms with E-state index in [4.69, 9.17) is 16.3 Å². The van der Waals surface area contributed by atoms with Gasteiger partial charge in [0.25, 0.3) is 0 Å². The first-order valence-electron chi connectivity index (χ1n) is 8.85. The van der Waals surface area contributed by atoms with Crippen LogP contribution in [0.25, 0.3) is 0 Å². The van der Waals surface area contributed by atoms with Gasteiger partial charge in [-0.3, -0.25) is 4.79 Å². The van der Waals surface area contributed by atoms with Crippen molar-refractivity contribution >= 4 is 17.5 Å². The predicted octanol–water partition coefficient (Wildman–Crippen LogP) is 4.34. The second kappa shape index (κ2) is 9.02. The molecule has 1 heterocycles. The van der Waals surface area contributed by atoms with Gasteiger partial charge in [-0.25, -0.2) is 0 Å². The van der Waals surface area contributed by atoms with Crippen molar-refractivity contribution < 1.29 is 9.53 Å². The summed E-state index contributed by atoms with van der Waals surface area (Å²) in [6.07, 6.45) is 2.52. The summed E-state index contributed by atoms with van der Waals surface area (Å²) < 4.78 is 5.87. The van der Waals surface area contributed by atoms with Gasteiger partial charge in [0, 0.05) is 18.1 Å².